The molecule has 3 rings (SSSR count). The van der Waals surface area contributed by atoms with Gasteiger partial charge in [-0.05, 0) is 62.3 Å². The Morgan fingerprint density at radius 2 is 1.89 bits per heavy atom. The zero-order valence-corrected chi connectivity index (χ0v) is 16.7. The number of carbonyl (C=O) groups is 1. The van der Waals surface area contributed by atoms with Gasteiger partial charge in [-0.2, -0.15) is 0 Å². The van der Waals surface area contributed by atoms with E-state index in [4.69, 9.17) is 11.6 Å². The second-order valence-electron chi connectivity index (χ2n) is 6.58. The number of hydrogen-bond donors (Lipinski definition) is 1. The molecule has 2 aromatic carbocycles. The van der Waals surface area contributed by atoms with Crippen molar-refractivity contribution in [1.82, 2.24) is 10.2 Å². The van der Waals surface area contributed by atoms with Crippen LogP contribution in [0.2, 0.25) is 5.02 Å². The van der Waals surface area contributed by atoms with Gasteiger partial charge in [-0.1, -0.05) is 17.7 Å². The quantitative estimate of drug-likeness (QED) is 0.791. The topological polar surface area (TPSA) is 49.4 Å². The molecule has 144 valence electrons. The van der Waals surface area contributed by atoms with E-state index >= 15 is 0 Å². The summed E-state index contributed by atoms with van der Waals surface area (Å²) in [6, 6.07) is 11.0. The van der Waals surface area contributed by atoms with Crippen molar-refractivity contribution in [1.29, 1.82) is 0 Å². The molecule has 0 aliphatic carbocycles. The van der Waals surface area contributed by atoms with Crippen LogP contribution in [0.15, 0.2) is 47.4 Å². The number of rotatable bonds is 6. The Labute approximate surface area is 166 Å². The number of benzene rings is 2. The second kappa shape index (κ2) is 8.95. The lowest BCUT2D eigenvalue weighted by Crippen LogP contribution is -2.37. The van der Waals surface area contributed by atoms with Crippen molar-refractivity contribution in [2.24, 2.45) is 0 Å². The smallest absolute Gasteiger partial charge is 0.251 e. The molecule has 1 amide bonds. The molecule has 0 radical (unpaired) electrons. The average Bonchev–Trinajstić information content (AvgIpc) is 3.18. The molecule has 1 saturated heterocycles. The molecule has 1 heterocycles. The Balaban J connectivity index is 1.76. The third kappa shape index (κ3) is 4.75. The predicted octanol–water partition coefficient (Wildman–Crippen LogP) is 3.78. The number of amides is 1. The van der Waals surface area contributed by atoms with Gasteiger partial charge in [-0.25, -0.2) is 4.39 Å². The lowest BCUT2D eigenvalue weighted by atomic mass is 10.0. The molecule has 4 nitrogen and oxygen atoms in total. The van der Waals surface area contributed by atoms with Crippen molar-refractivity contribution in [2.75, 3.05) is 25.9 Å². The average molecular weight is 409 g/mol. The van der Waals surface area contributed by atoms with Crippen LogP contribution in [0.3, 0.4) is 0 Å². The van der Waals surface area contributed by atoms with Gasteiger partial charge < -0.3 is 5.32 Å². The maximum Gasteiger partial charge on any atom is 0.251 e. The van der Waals surface area contributed by atoms with Gasteiger partial charge in [0.1, 0.15) is 5.82 Å². The number of hydrogen-bond acceptors (Lipinski definition) is 3. The van der Waals surface area contributed by atoms with Crippen molar-refractivity contribution < 1.29 is 13.4 Å². The first-order valence-corrected chi connectivity index (χ1v) is 10.8. The van der Waals surface area contributed by atoms with Gasteiger partial charge in [0.15, 0.2) is 0 Å². The molecule has 2 atom stereocenters. The Morgan fingerprint density at radius 3 is 2.48 bits per heavy atom. The van der Waals surface area contributed by atoms with E-state index in [-0.39, 0.29) is 24.3 Å². The van der Waals surface area contributed by atoms with E-state index in [1.54, 1.807) is 42.7 Å². The van der Waals surface area contributed by atoms with Gasteiger partial charge in [-0.15, -0.1) is 0 Å². The van der Waals surface area contributed by atoms with Crippen LogP contribution in [0.1, 0.15) is 34.8 Å². The van der Waals surface area contributed by atoms with Crippen LogP contribution in [-0.2, 0) is 10.8 Å². The van der Waals surface area contributed by atoms with Gasteiger partial charge in [0.2, 0.25) is 0 Å². The van der Waals surface area contributed by atoms with Crippen LogP contribution in [-0.4, -0.2) is 40.9 Å². The number of carbonyl (C=O) groups excluding carboxylic acids is 1. The van der Waals surface area contributed by atoms with Crippen molar-refractivity contribution in [3.8, 4) is 0 Å². The lowest BCUT2D eigenvalue weighted by Gasteiger charge is -2.29. The van der Waals surface area contributed by atoms with Crippen LogP contribution in [0.5, 0.6) is 0 Å². The third-order valence-corrected chi connectivity index (χ3v) is 6.08. The van der Waals surface area contributed by atoms with Crippen LogP contribution in [0.25, 0.3) is 0 Å². The van der Waals surface area contributed by atoms with Crippen LogP contribution >= 0.6 is 11.6 Å². The van der Waals surface area contributed by atoms with Crippen LogP contribution in [0.4, 0.5) is 4.39 Å². The lowest BCUT2D eigenvalue weighted by molar-refractivity contribution is 0.0937. The summed E-state index contributed by atoms with van der Waals surface area (Å²) in [6.07, 6.45) is 3.69. The molecule has 7 heteroatoms. The SMILES string of the molecule is CS(=O)c1ccc(C(=O)NCC(c2c(F)cccc2Cl)N2CCCC2)cc1. The minimum absolute atomic E-state index is 0.250. The first-order chi connectivity index (χ1) is 13.0. The fourth-order valence-corrected chi connectivity index (χ4v) is 4.19. The predicted molar refractivity (Wildman–Crippen MR) is 106 cm³/mol. The summed E-state index contributed by atoms with van der Waals surface area (Å²) in [5, 5.41) is 3.27. The summed E-state index contributed by atoms with van der Waals surface area (Å²) in [5.74, 6) is -0.608. The highest BCUT2D eigenvalue weighted by Crippen LogP contribution is 2.32. The molecule has 2 unspecified atom stereocenters. The van der Waals surface area contributed by atoms with E-state index in [1.807, 2.05) is 0 Å². The molecular weight excluding hydrogens is 387 g/mol. The van der Waals surface area contributed by atoms with Gasteiger partial charge in [0.05, 0.1) is 6.04 Å². The molecule has 2 aromatic rings. The largest absolute Gasteiger partial charge is 0.350 e. The summed E-state index contributed by atoms with van der Waals surface area (Å²) < 4.78 is 25.9. The van der Waals surface area contributed by atoms with Gasteiger partial charge in [0, 0.05) is 44.6 Å². The van der Waals surface area contributed by atoms with E-state index in [2.05, 4.69) is 10.2 Å². The second-order valence-corrected chi connectivity index (χ2v) is 8.37. The molecule has 1 aliphatic rings. The fraction of sp³-hybridized carbons (Fsp3) is 0.350. The monoisotopic (exact) mass is 408 g/mol. The number of nitrogens with one attached hydrogen (secondary N) is 1. The van der Waals surface area contributed by atoms with E-state index in [0.29, 0.717) is 21.0 Å². The van der Waals surface area contributed by atoms with Crippen LogP contribution in [0, 0.1) is 5.82 Å². The summed E-state index contributed by atoms with van der Waals surface area (Å²) in [4.78, 5) is 15.3. The molecule has 1 N–H and O–H groups in total. The summed E-state index contributed by atoms with van der Waals surface area (Å²) in [7, 11) is -1.09. The molecule has 0 spiro atoms. The Bertz CT molecular complexity index is 818. The van der Waals surface area contributed by atoms with Crippen molar-refractivity contribution in [3.63, 3.8) is 0 Å². The number of nitrogens with zero attached hydrogens (tertiary/aromatic N) is 1. The number of likely N-dealkylation sites (tertiary alicyclic amines) is 1. The highest BCUT2D eigenvalue weighted by molar-refractivity contribution is 7.84. The highest BCUT2D eigenvalue weighted by Gasteiger charge is 2.28. The van der Waals surface area contributed by atoms with Crippen molar-refractivity contribution in [2.45, 2.75) is 23.8 Å². The molecule has 1 fully saturated rings. The third-order valence-electron chi connectivity index (χ3n) is 4.82. The molecule has 27 heavy (non-hydrogen) atoms. The minimum Gasteiger partial charge on any atom is -0.350 e. The molecular formula is C20H22ClFN2O2S. The summed E-state index contributed by atoms with van der Waals surface area (Å²) in [5.41, 5.74) is 0.905. The minimum atomic E-state index is -1.09. The van der Waals surface area contributed by atoms with Gasteiger partial charge in [0.25, 0.3) is 5.91 Å². The van der Waals surface area contributed by atoms with Gasteiger partial charge in [-0.3, -0.25) is 13.9 Å². The normalized spacial score (nSPS) is 16.9. The standard InChI is InChI=1S/C20H22ClFN2O2S/c1-27(26)15-9-7-14(8-10-15)20(25)23-13-18(24-11-2-3-12-24)19-16(21)5-4-6-17(19)22/h4-10,18H,2-3,11-13H2,1H3,(H,23,25). The van der Waals surface area contributed by atoms with E-state index < -0.39 is 10.8 Å². The molecule has 0 bridgehead atoms. The zero-order chi connectivity index (χ0) is 19.4. The molecule has 0 saturated carbocycles. The highest BCUT2D eigenvalue weighted by atomic mass is 35.5. The summed E-state index contributed by atoms with van der Waals surface area (Å²) >= 11 is 6.27. The van der Waals surface area contributed by atoms with E-state index in [1.165, 1.54) is 6.07 Å². The maximum atomic E-state index is 14.5. The molecule has 1 aliphatic heterocycles. The van der Waals surface area contributed by atoms with E-state index in [0.717, 1.165) is 25.9 Å². The summed E-state index contributed by atoms with van der Waals surface area (Å²) in [6.45, 7) is 1.96. The number of halogens is 2. The Morgan fingerprint density at radius 1 is 1.22 bits per heavy atom. The first-order valence-electron chi connectivity index (χ1n) is 8.87. The Hall–Kier alpha value is -1.76. The van der Waals surface area contributed by atoms with Gasteiger partial charge >= 0.3 is 0 Å². The van der Waals surface area contributed by atoms with Crippen molar-refractivity contribution >= 4 is 28.3 Å². The first kappa shape index (κ1) is 20.0. The molecule has 0 aromatic heterocycles. The van der Waals surface area contributed by atoms with Crippen molar-refractivity contribution in [3.05, 3.63) is 64.4 Å². The fourth-order valence-electron chi connectivity index (χ4n) is 3.39. The van der Waals surface area contributed by atoms with Crippen LogP contribution < -0.4 is 5.32 Å². The maximum absolute atomic E-state index is 14.5. The Kier molecular flexibility index (Phi) is 6.63. The zero-order valence-electron chi connectivity index (χ0n) is 15.1. The van der Waals surface area contributed by atoms with E-state index in [9.17, 15) is 13.4 Å².